The minimum absolute atomic E-state index is 0.00259. The van der Waals surface area contributed by atoms with Crippen LogP contribution in [0.25, 0.3) is 11.0 Å². The number of hydrogen-bond donors (Lipinski definition) is 1. The Kier molecular flexibility index (Phi) is 6.55. The molecule has 1 aliphatic rings. The average Bonchev–Trinajstić information content (AvgIpc) is 3.28. The molecule has 0 saturated heterocycles. The number of carbonyl (C=O) groups excluding carboxylic acids is 1. The molecule has 6 nitrogen and oxygen atoms in total. The van der Waals surface area contributed by atoms with E-state index in [0.29, 0.717) is 18.4 Å². The number of aromatic amines is 1. The third kappa shape index (κ3) is 5.98. The number of imidazole rings is 1. The van der Waals surface area contributed by atoms with Crippen molar-refractivity contribution in [2.75, 3.05) is 33.8 Å². The molecule has 0 amide bonds. The van der Waals surface area contributed by atoms with Crippen LogP contribution in [0.1, 0.15) is 68.4 Å². The molecule has 2 aromatic carbocycles. The molecule has 0 unspecified atom stereocenters. The molecule has 0 saturated carbocycles. The Labute approximate surface area is 222 Å². The van der Waals surface area contributed by atoms with Crippen LogP contribution in [0.3, 0.4) is 0 Å². The molecule has 6 heteroatoms. The summed E-state index contributed by atoms with van der Waals surface area (Å²) in [7, 11) is 1.41. The zero-order valence-corrected chi connectivity index (χ0v) is 21.8. The van der Waals surface area contributed by atoms with Crippen molar-refractivity contribution in [2.24, 2.45) is 5.92 Å². The van der Waals surface area contributed by atoms with Gasteiger partial charge >= 0.3 is 5.97 Å². The predicted octanol–water partition coefficient (Wildman–Crippen LogP) is 5.44. The molecule has 194 valence electrons. The van der Waals surface area contributed by atoms with Crippen molar-refractivity contribution in [1.82, 2.24) is 14.9 Å². The number of H-pyrrole nitrogens is 1. The molecular formula is C30H41N3O3. The number of fused-ring (bicyclic) bond motifs is 2. The first kappa shape index (κ1) is 20.4. The summed E-state index contributed by atoms with van der Waals surface area (Å²) in [6.07, 6.45) is -0.528. The van der Waals surface area contributed by atoms with Gasteiger partial charge in [-0.3, -0.25) is 0 Å². The second kappa shape index (κ2) is 11.6. The van der Waals surface area contributed by atoms with Gasteiger partial charge < -0.3 is 19.4 Å². The van der Waals surface area contributed by atoms with Crippen LogP contribution in [0, 0.1) is 12.8 Å². The Bertz CT molecular complexity index is 1320. The lowest BCUT2D eigenvalue weighted by molar-refractivity contribution is -0.172. The van der Waals surface area contributed by atoms with Gasteiger partial charge in [-0.1, -0.05) is 49.7 Å². The number of aryl methyl sites for hydroxylation is 3. The lowest BCUT2D eigenvalue weighted by atomic mass is 9.65. The maximum Gasteiger partial charge on any atom is 0.332 e. The van der Waals surface area contributed by atoms with E-state index in [1.807, 2.05) is 63.2 Å². The Balaban J connectivity index is 1.61. The summed E-state index contributed by atoms with van der Waals surface area (Å²) in [4.78, 5) is 22.2. The molecule has 1 aromatic heterocycles. The van der Waals surface area contributed by atoms with Gasteiger partial charge in [-0.15, -0.1) is 0 Å². The highest BCUT2D eigenvalue weighted by molar-refractivity contribution is 5.74. The first-order valence-corrected chi connectivity index (χ1v) is 12.8. The minimum atomic E-state index is -2.37. The number of aromatic nitrogens is 2. The van der Waals surface area contributed by atoms with Gasteiger partial charge in [0.2, 0.25) is 0 Å². The van der Waals surface area contributed by atoms with Crippen LogP contribution in [-0.4, -0.2) is 60.2 Å². The van der Waals surface area contributed by atoms with Crippen LogP contribution in [0.2, 0.25) is 0 Å². The smallest absolute Gasteiger partial charge is 0.332 e. The second-order valence-corrected chi connectivity index (χ2v) is 10.2. The van der Waals surface area contributed by atoms with Gasteiger partial charge in [0.1, 0.15) is 18.0 Å². The summed E-state index contributed by atoms with van der Waals surface area (Å²) >= 11 is 0. The minimum Gasteiger partial charge on any atom is -0.457 e. The fraction of sp³-hybridized carbons (Fsp3) is 0.533. The molecule has 0 spiro atoms. The molecule has 0 aliphatic heterocycles. The maximum absolute atomic E-state index is 12.9. The quantitative estimate of drug-likeness (QED) is 0.358. The highest BCUT2D eigenvalue weighted by Gasteiger charge is 2.47. The number of benzene rings is 2. The molecule has 0 radical (unpaired) electrons. The summed E-state index contributed by atoms with van der Waals surface area (Å²) in [6, 6.07) is 13.5. The van der Waals surface area contributed by atoms with Gasteiger partial charge in [0.15, 0.2) is 0 Å². The highest BCUT2D eigenvalue weighted by atomic mass is 16.6. The number of nitrogens with one attached hydrogen (secondary N) is 1. The number of hydrogen-bond acceptors (Lipinski definition) is 5. The van der Waals surface area contributed by atoms with E-state index in [-0.39, 0.29) is 44.4 Å². The van der Waals surface area contributed by atoms with E-state index in [4.69, 9.17) is 16.3 Å². The van der Waals surface area contributed by atoms with Crippen LogP contribution in [-0.2, 0) is 27.1 Å². The van der Waals surface area contributed by atoms with Crippen LogP contribution in [0.5, 0.6) is 0 Å². The van der Waals surface area contributed by atoms with E-state index in [9.17, 15) is 4.79 Å². The number of esters is 1. The molecule has 1 aliphatic carbocycles. The SMILES string of the molecule is [2H]C1([2H])C[C@@](CCN(CCCc2nc3ccccc3[nH]2)C([2H])([2H])[2H])(OC(=O)COC)[C@@H](C(C)C)c2ccc(C)cc21. The average molecular weight is 497 g/mol. The van der Waals surface area contributed by atoms with Crippen molar-refractivity contribution >= 4 is 17.0 Å². The van der Waals surface area contributed by atoms with E-state index in [1.165, 1.54) is 12.0 Å². The molecule has 0 fully saturated rings. The number of methoxy groups -OCH3 is 1. The number of ether oxygens (including phenoxy) is 2. The highest BCUT2D eigenvalue weighted by Crippen LogP contribution is 2.48. The maximum atomic E-state index is 12.9. The van der Waals surface area contributed by atoms with Crippen LogP contribution in [0.4, 0.5) is 0 Å². The van der Waals surface area contributed by atoms with Crippen molar-refractivity contribution < 1.29 is 21.1 Å². The number of para-hydroxylation sites is 2. The monoisotopic (exact) mass is 496 g/mol. The third-order valence-corrected chi connectivity index (χ3v) is 7.02. The molecule has 1 N–H and O–H groups in total. The molecule has 0 bridgehead atoms. The lowest BCUT2D eigenvalue weighted by Gasteiger charge is -2.47. The van der Waals surface area contributed by atoms with Crippen LogP contribution >= 0.6 is 0 Å². The van der Waals surface area contributed by atoms with Crippen molar-refractivity contribution in [3.8, 4) is 0 Å². The molecule has 36 heavy (non-hydrogen) atoms. The normalized spacial score (nSPS) is 23.5. The first-order valence-electron chi connectivity index (χ1n) is 15.3. The third-order valence-electron chi connectivity index (χ3n) is 7.02. The Hall–Kier alpha value is -2.70. The van der Waals surface area contributed by atoms with Gasteiger partial charge in [-0.25, -0.2) is 9.78 Å². The zero-order valence-electron chi connectivity index (χ0n) is 26.8. The topological polar surface area (TPSA) is 67.5 Å². The fourth-order valence-electron chi connectivity index (χ4n) is 5.47. The summed E-state index contributed by atoms with van der Waals surface area (Å²) in [6.45, 7) is 3.74. The Morgan fingerprint density at radius 2 is 2.14 bits per heavy atom. The summed E-state index contributed by atoms with van der Waals surface area (Å²) in [5.74, 6) is -0.113. The van der Waals surface area contributed by atoms with Gasteiger partial charge in [-0.05, 0) is 68.8 Å². The summed E-state index contributed by atoms with van der Waals surface area (Å²) < 4.78 is 53.9. The van der Waals surface area contributed by atoms with E-state index < -0.39 is 24.9 Å². The van der Waals surface area contributed by atoms with Crippen molar-refractivity contribution in [3.05, 3.63) is 65.0 Å². The number of nitrogens with zero attached hydrogens (tertiary/aromatic N) is 2. The van der Waals surface area contributed by atoms with Gasteiger partial charge in [0.25, 0.3) is 0 Å². The fourth-order valence-corrected chi connectivity index (χ4v) is 5.47. The molecule has 1 heterocycles. The van der Waals surface area contributed by atoms with E-state index in [0.717, 1.165) is 28.0 Å². The number of carbonyl (C=O) groups is 1. The lowest BCUT2D eigenvalue weighted by Crippen LogP contribution is -2.49. The van der Waals surface area contributed by atoms with Crippen molar-refractivity contribution in [1.29, 1.82) is 0 Å². The van der Waals surface area contributed by atoms with Gasteiger partial charge in [0.05, 0.1) is 11.0 Å². The number of rotatable bonds is 11. The van der Waals surface area contributed by atoms with Crippen molar-refractivity contribution in [3.63, 3.8) is 0 Å². The molecule has 2 atom stereocenters. The van der Waals surface area contributed by atoms with E-state index in [2.05, 4.69) is 9.97 Å². The zero-order chi connectivity index (χ0) is 30.0. The predicted molar refractivity (Wildman–Crippen MR) is 144 cm³/mol. The van der Waals surface area contributed by atoms with Crippen molar-refractivity contribution in [2.45, 2.75) is 64.3 Å². The largest absolute Gasteiger partial charge is 0.457 e. The molecule has 4 rings (SSSR count). The molecule has 3 aromatic rings. The standard InChI is InChI=1S/C30H41N3O3/c1-21(2)29-24-13-12-22(3)19-23(24)14-15-30(29,36-28(34)20-35-5)16-18-33(4)17-8-11-27-31-25-9-6-7-10-26(25)32-27/h6-7,9-10,12-13,19,21,29H,8,11,14-18,20H2,1-5H3,(H,31,32)/t29-,30-/m0/s1/i4D3,14D2. The Morgan fingerprint density at radius 1 is 1.31 bits per heavy atom. The second-order valence-electron chi connectivity index (χ2n) is 10.2. The first-order chi connectivity index (χ1) is 19.3. The van der Waals surface area contributed by atoms with Gasteiger partial charge in [0, 0.05) is 39.3 Å². The van der Waals surface area contributed by atoms with Crippen LogP contribution in [0.15, 0.2) is 42.5 Å². The van der Waals surface area contributed by atoms with Crippen LogP contribution < -0.4 is 0 Å². The summed E-state index contributed by atoms with van der Waals surface area (Å²) in [5, 5.41) is 0. The Morgan fingerprint density at radius 3 is 2.89 bits per heavy atom. The summed E-state index contributed by atoms with van der Waals surface area (Å²) in [5.41, 5.74) is 2.92. The van der Waals surface area contributed by atoms with E-state index in [1.54, 1.807) is 0 Å². The van der Waals surface area contributed by atoms with E-state index >= 15 is 0 Å². The molecular weight excluding hydrogens is 450 g/mol. The van der Waals surface area contributed by atoms with Gasteiger partial charge in [-0.2, -0.15) is 0 Å².